The average Bonchev–Trinajstić information content (AvgIpc) is 3.01. The average molecular weight is 522 g/mol. The molecule has 0 spiro atoms. The van der Waals surface area contributed by atoms with Gasteiger partial charge in [-0.15, -0.1) is 0 Å². The lowest BCUT2D eigenvalue weighted by Gasteiger charge is -2.25. The smallest absolute Gasteiger partial charge is 0.329 e. The Morgan fingerprint density at radius 1 is 1.09 bits per heavy atom. The first-order valence-corrected chi connectivity index (χ1v) is 11.2. The molecule has 9 heteroatoms. The van der Waals surface area contributed by atoms with Crippen molar-refractivity contribution >= 4 is 56.9 Å². The van der Waals surface area contributed by atoms with E-state index in [0.29, 0.717) is 20.7 Å². The number of anilines is 1. The first-order valence-electron chi connectivity index (χ1n) is 9.99. The predicted octanol–water partition coefficient (Wildman–Crippen LogP) is 4.60. The van der Waals surface area contributed by atoms with E-state index in [1.165, 1.54) is 0 Å². The van der Waals surface area contributed by atoms with Crippen LogP contribution in [0.5, 0.6) is 0 Å². The second-order valence-electron chi connectivity index (χ2n) is 7.86. The molecule has 3 amide bonds. The first kappa shape index (κ1) is 23.9. The van der Waals surface area contributed by atoms with Crippen LogP contribution in [0, 0.1) is 12.8 Å². The molecule has 0 saturated carbocycles. The molecule has 0 aromatic heterocycles. The molecule has 0 unspecified atom stereocenters. The molecular weight excluding hydrogens is 500 g/mol. The zero-order valence-electron chi connectivity index (χ0n) is 17.8. The number of imide groups is 1. The van der Waals surface area contributed by atoms with Gasteiger partial charge >= 0.3 is 5.97 Å². The number of nitrogens with one attached hydrogen (secondary N) is 1. The summed E-state index contributed by atoms with van der Waals surface area (Å²) in [4.78, 5) is 51.8. The molecule has 0 saturated heterocycles. The van der Waals surface area contributed by atoms with Gasteiger partial charge < -0.3 is 10.1 Å². The standard InChI is InChI=1S/C23H22BrClN2O5/c1-12(2)10-18(27-21(29)14-6-4-5-7-15(14)22(27)30)23(31)32-11-19(28)26-17-9-8-16(24)20(25)13(17)3/h4-9,12,18H,10-11H2,1-3H3,(H,26,28)/t18-/m0/s1. The topological polar surface area (TPSA) is 92.8 Å². The van der Waals surface area contributed by atoms with Gasteiger partial charge in [-0.25, -0.2) is 4.79 Å². The minimum atomic E-state index is -1.13. The second-order valence-corrected chi connectivity index (χ2v) is 9.09. The quantitative estimate of drug-likeness (QED) is 0.424. The van der Waals surface area contributed by atoms with Gasteiger partial charge in [0.2, 0.25) is 0 Å². The number of fused-ring (bicyclic) bond motifs is 1. The fourth-order valence-corrected chi connectivity index (χ4v) is 4.05. The monoisotopic (exact) mass is 520 g/mol. The third-order valence-corrected chi connectivity index (χ3v) is 6.44. The summed E-state index contributed by atoms with van der Waals surface area (Å²) in [7, 11) is 0. The lowest BCUT2D eigenvalue weighted by molar-refractivity contribution is -0.151. The SMILES string of the molecule is Cc1c(NC(=O)COC(=O)[C@H](CC(C)C)N2C(=O)c3ccccc3C2=O)ccc(Br)c1Cl. The van der Waals surface area contributed by atoms with E-state index in [1.54, 1.807) is 43.3 Å². The van der Waals surface area contributed by atoms with E-state index in [1.807, 2.05) is 13.8 Å². The molecule has 2 aromatic rings. The summed E-state index contributed by atoms with van der Waals surface area (Å²) in [5, 5.41) is 3.11. The number of esters is 1. The number of amides is 3. The zero-order chi connectivity index (χ0) is 23.6. The van der Waals surface area contributed by atoms with Crippen molar-refractivity contribution in [3.8, 4) is 0 Å². The van der Waals surface area contributed by atoms with Crippen LogP contribution in [0.3, 0.4) is 0 Å². The molecule has 0 bridgehead atoms. The van der Waals surface area contributed by atoms with Crippen molar-refractivity contribution in [1.29, 1.82) is 0 Å². The summed E-state index contributed by atoms with van der Waals surface area (Å²) < 4.78 is 5.89. The summed E-state index contributed by atoms with van der Waals surface area (Å²) >= 11 is 9.48. The summed E-state index contributed by atoms with van der Waals surface area (Å²) in [5.74, 6) is -2.46. The Hall–Kier alpha value is -2.71. The Bertz CT molecular complexity index is 1070. The normalized spacial score (nSPS) is 13.9. The molecule has 1 aliphatic rings. The summed E-state index contributed by atoms with van der Waals surface area (Å²) in [6.07, 6.45) is 0.216. The van der Waals surface area contributed by atoms with Gasteiger partial charge in [-0.1, -0.05) is 37.6 Å². The Balaban J connectivity index is 1.71. The molecule has 0 radical (unpaired) electrons. The van der Waals surface area contributed by atoms with E-state index in [-0.39, 0.29) is 23.5 Å². The van der Waals surface area contributed by atoms with Crippen LogP contribution in [0.4, 0.5) is 5.69 Å². The van der Waals surface area contributed by atoms with Gasteiger partial charge in [0.1, 0.15) is 6.04 Å². The van der Waals surface area contributed by atoms with Gasteiger partial charge in [-0.05, 0) is 65.0 Å². The maximum Gasteiger partial charge on any atom is 0.329 e. The predicted molar refractivity (Wildman–Crippen MR) is 124 cm³/mol. The third kappa shape index (κ3) is 4.86. The highest BCUT2D eigenvalue weighted by Crippen LogP contribution is 2.31. The number of ether oxygens (including phenoxy) is 1. The Morgan fingerprint density at radius 3 is 2.25 bits per heavy atom. The number of halogens is 2. The minimum Gasteiger partial charge on any atom is -0.454 e. The van der Waals surface area contributed by atoms with Crippen LogP contribution in [-0.2, 0) is 14.3 Å². The molecule has 1 N–H and O–H groups in total. The van der Waals surface area contributed by atoms with E-state index < -0.39 is 36.3 Å². The number of hydrogen-bond donors (Lipinski definition) is 1. The van der Waals surface area contributed by atoms with Crippen LogP contribution in [-0.4, -0.2) is 41.2 Å². The zero-order valence-corrected chi connectivity index (χ0v) is 20.1. The molecule has 1 heterocycles. The van der Waals surface area contributed by atoms with Crippen molar-refractivity contribution in [2.75, 3.05) is 11.9 Å². The Kier molecular flexibility index (Phi) is 7.36. The Morgan fingerprint density at radius 2 is 1.69 bits per heavy atom. The van der Waals surface area contributed by atoms with Gasteiger partial charge in [-0.2, -0.15) is 0 Å². The van der Waals surface area contributed by atoms with Crippen LogP contribution < -0.4 is 5.32 Å². The minimum absolute atomic E-state index is 0.00162. The molecule has 7 nitrogen and oxygen atoms in total. The lowest BCUT2D eigenvalue weighted by atomic mass is 10.0. The van der Waals surface area contributed by atoms with Gasteiger partial charge in [0.15, 0.2) is 6.61 Å². The highest BCUT2D eigenvalue weighted by atomic mass is 79.9. The largest absolute Gasteiger partial charge is 0.454 e. The van der Waals surface area contributed by atoms with Crippen LogP contribution >= 0.6 is 27.5 Å². The molecule has 0 fully saturated rings. The van der Waals surface area contributed by atoms with Crippen LogP contribution in [0.15, 0.2) is 40.9 Å². The number of carbonyl (C=O) groups excluding carboxylic acids is 4. The van der Waals surface area contributed by atoms with Crippen LogP contribution in [0.2, 0.25) is 5.02 Å². The molecule has 0 aliphatic carbocycles. The number of hydrogen-bond acceptors (Lipinski definition) is 5. The molecule has 3 rings (SSSR count). The molecule has 1 atom stereocenters. The number of rotatable bonds is 7. The van der Waals surface area contributed by atoms with Crippen molar-refractivity contribution in [2.45, 2.75) is 33.2 Å². The molecular formula is C23H22BrClN2O5. The molecule has 168 valence electrons. The van der Waals surface area contributed by atoms with Gasteiger partial charge in [-0.3, -0.25) is 19.3 Å². The van der Waals surface area contributed by atoms with E-state index >= 15 is 0 Å². The van der Waals surface area contributed by atoms with E-state index in [0.717, 1.165) is 4.90 Å². The second kappa shape index (κ2) is 9.83. The number of carbonyl (C=O) groups is 4. The maximum atomic E-state index is 12.9. The molecule has 2 aromatic carbocycles. The van der Waals surface area contributed by atoms with Crippen molar-refractivity contribution in [3.05, 3.63) is 62.6 Å². The molecule has 1 aliphatic heterocycles. The highest BCUT2D eigenvalue weighted by molar-refractivity contribution is 9.10. The lowest BCUT2D eigenvalue weighted by Crippen LogP contribution is -2.46. The highest BCUT2D eigenvalue weighted by Gasteiger charge is 2.43. The number of nitrogens with zero attached hydrogens (tertiary/aromatic N) is 1. The van der Waals surface area contributed by atoms with Gasteiger partial charge in [0.25, 0.3) is 17.7 Å². The third-order valence-electron chi connectivity index (χ3n) is 5.06. The first-order chi connectivity index (χ1) is 15.1. The van der Waals surface area contributed by atoms with Crippen molar-refractivity contribution in [3.63, 3.8) is 0 Å². The van der Waals surface area contributed by atoms with Gasteiger partial charge in [0.05, 0.1) is 16.1 Å². The van der Waals surface area contributed by atoms with E-state index in [4.69, 9.17) is 16.3 Å². The number of benzene rings is 2. The molecule has 32 heavy (non-hydrogen) atoms. The summed E-state index contributed by atoms with van der Waals surface area (Å²) in [6.45, 7) is 4.91. The van der Waals surface area contributed by atoms with Crippen LogP contribution in [0.25, 0.3) is 0 Å². The fourth-order valence-electron chi connectivity index (χ4n) is 3.45. The van der Waals surface area contributed by atoms with Crippen molar-refractivity contribution < 1.29 is 23.9 Å². The van der Waals surface area contributed by atoms with E-state index in [9.17, 15) is 19.2 Å². The van der Waals surface area contributed by atoms with E-state index in [2.05, 4.69) is 21.2 Å². The van der Waals surface area contributed by atoms with Gasteiger partial charge in [0, 0.05) is 10.2 Å². The summed E-state index contributed by atoms with van der Waals surface area (Å²) in [6, 6.07) is 8.65. The van der Waals surface area contributed by atoms with Crippen LogP contribution in [0.1, 0.15) is 46.5 Å². The Labute approximate surface area is 199 Å². The van der Waals surface area contributed by atoms with Crippen molar-refractivity contribution in [1.82, 2.24) is 4.90 Å². The van der Waals surface area contributed by atoms with Crippen molar-refractivity contribution in [2.24, 2.45) is 5.92 Å². The fraction of sp³-hybridized carbons (Fsp3) is 0.304. The summed E-state index contributed by atoms with van der Waals surface area (Å²) in [5.41, 5.74) is 1.64. The maximum absolute atomic E-state index is 12.9.